The number of nitrogens with zero attached hydrogens (tertiary/aromatic N) is 2. The van der Waals surface area contributed by atoms with Crippen molar-refractivity contribution in [3.05, 3.63) is 29.3 Å². The summed E-state index contributed by atoms with van der Waals surface area (Å²) in [4.78, 5) is 27.6. The van der Waals surface area contributed by atoms with Gasteiger partial charge in [0.25, 0.3) is 0 Å². The van der Waals surface area contributed by atoms with Crippen LogP contribution in [0.15, 0.2) is 18.2 Å². The molecule has 1 fully saturated rings. The van der Waals surface area contributed by atoms with Crippen molar-refractivity contribution in [1.29, 1.82) is 0 Å². The lowest BCUT2D eigenvalue weighted by Gasteiger charge is -2.37. The number of carbonyl (C=O) groups is 2. The number of piperazine rings is 1. The Morgan fingerprint density at radius 2 is 1.70 bits per heavy atom. The van der Waals surface area contributed by atoms with Crippen LogP contribution in [0.4, 0.5) is 10.5 Å². The maximum absolute atomic E-state index is 12.1. The second-order valence-electron chi connectivity index (χ2n) is 6.95. The Labute approximate surface area is 161 Å². The number of hydrogen-bond donors (Lipinski definition) is 1. The molecule has 1 N–H and O–H groups in total. The zero-order valence-electron chi connectivity index (χ0n) is 17.2. The Bertz CT molecular complexity index is 632. The van der Waals surface area contributed by atoms with E-state index in [0.717, 1.165) is 5.69 Å². The fraction of sp³-hybridized carbons (Fsp3) is 0.600. The standard InChI is InChI=1S/C18H26N2O5.C2H6/c1-18(2,3)25-17(23)20-9-7-19(8-10-20)14-5-6-15(16(22)24-4)13(11-14)12-21;1-2/h5-6,11,21H,7-10,12H2,1-4H3;1-2H3. The quantitative estimate of drug-likeness (QED) is 0.812. The number of aliphatic hydroxyl groups excluding tert-OH is 1. The van der Waals surface area contributed by atoms with Crippen LogP contribution in [-0.4, -0.2) is 61.0 Å². The molecule has 0 atom stereocenters. The van der Waals surface area contributed by atoms with Gasteiger partial charge in [-0.1, -0.05) is 13.8 Å². The van der Waals surface area contributed by atoms with E-state index >= 15 is 0 Å². The number of methoxy groups -OCH3 is 1. The number of aliphatic hydroxyl groups is 1. The third-order valence-electron chi connectivity index (χ3n) is 3.96. The lowest BCUT2D eigenvalue weighted by atomic mass is 10.1. The molecule has 0 radical (unpaired) electrons. The Morgan fingerprint density at radius 3 is 2.19 bits per heavy atom. The van der Waals surface area contributed by atoms with E-state index in [-0.39, 0.29) is 12.7 Å². The zero-order chi connectivity index (χ0) is 20.6. The number of ether oxygens (including phenoxy) is 2. The van der Waals surface area contributed by atoms with Gasteiger partial charge in [-0.15, -0.1) is 0 Å². The molecule has 1 aliphatic rings. The summed E-state index contributed by atoms with van der Waals surface area (Å²) in [5.41, 5.74) is 1.29. The maximum atomic E-state index is 12.1. The number of benzene rings is 1. The molecule has 1 aromatic rings. The van der Waals surface area contributed by atoms with Crippen molar-refractivity contribution in [3.63, 3.8) is 0 Å². The molecule has 0 bridgehead atoms. The predicted octanol–water partition coefficient (Wildman–Crippen LogP) is 3.05. The Hall–Kier alpha value is -2.28. The summed E-state index contributed by atoms with van der Waals surface area (Å²) >= 11 is 0. The van der Waals surface area contributed by atoms with Crippen LogP contribution in [0.5, 0.6) is 0 Å². The van der Waals surface area contributed by atoms with Gasteiger partial charge in [-0.05, 0) is 44.5 Å². The summed E-state index contributed by atoms with van der Waals surface area (Å²) in [5.74, 6) is -0.467. The number of esters is 1. The third-order valence-corrected chi connectivity index (χ3v) is 3.96. The molecule has 1 aromatic carbocycles. The summed E-state index contributed by atoms with van der Waals surface area (Å²) in [6.07, 6.45) is -0.302. The van der Waals surface area contributed by atoms with Gasteiger partial charge in [-0.2, -0.15) is 0 Å². The average Bonchev–Trinajstić information content (AvgIpc) is 2.67. The largest absolute Gasteiger partial charge is 0.465 e. The van der Waals surface area contributed by atoms with Crippen LogP contribution in [0, 0.1) is 0 Å². The smallest absolute Gasteiger partial charge is 0.410 e. The van der Waals surface area contributed by atoms with Gasteiger partial charge in [0.2, 0.25) is 0 Å². The predicted molar refractivity (Wildman–Crippen MR) is 105 cm³/mol. The van der Waals surface area contributed by atoms with Gasteiger partial charge < -0.3 is 24.4 Å². The highest BCUT2D eigenvalue weighted by molar-refractivity contribution is 5.91. The minimum atomic E-state index is -0.506. The van der Waals surface area contributed by atoms with E-state index in [9.17, 15) is 14.7 Å². The van der Waals surface area contributed by atoms with Crippen LogP contribution in [-0.2, 0) is 16.1 Å². The molecular formula is C20H32N2O5. The van der Waals surface area contributed by atoms with Gasteiger partial charge in [0.1, 0.15) is 5.60 Å². The molecular weight excluding hydrogens is 348 g/mol. The molecule has 2 rings (SSSR count). The van der Waals surface area contributed by atoms with E-state index in [4.69, 9.17) is 9.47 Å². The highest BCUT2D eigenvalue weighted by Crippen LogP contribution is 2.22. The molecule has 152 valence electrons. The fourth-order valence-electron chi connectivity index (χ4n) is 2.69. The first kappa shape index (κ1) is 22.8. The summed E-state index contributed by atoms with van der Waals surface area (Å²) in [7, 11) is 1.31. The van der Waals surface area contributed by atoms with Crippen LogP contribution in [0.2, 0.25) is 0 Å². The Kier molecular flexibility index (Phi) is 8.56. The van der Waals surface area contributed by atoms with Crippen molar-refractivity contribution in [2.24, 2.45) is 0 Å². The molecule has 0 spiro atoms. The van der Waals surface area contributed by atoms with Crippen molar-refractivity contribution >= 4 is 17.7 Å². The molecule has 7 nitrogen and oxygen atoms in total. The SMILES string of the molecule is CC.COC(=O)c1ccc(N2CCN(C(=O)OC(C)(C)C)CC2)cc1CO. The Morgan fingerprint density at radius 1 is 1.11 bits per heavy atom. The Balaban J connectivity index is 0.00000176. The van der Waals surface area contributed by atoms with Crippen molar-refractivity contribution in [3.8, 4) is 0 Å². The number of anilines is 1. The van der Waals surface area contributed by atoms with Crippen LogP contribution in [0.25, 0.3) is 0 Å². The summed E-state index contributed by atoms with van der Waals surface area (Å²) in [6, 6.07) is 5.27. The van der Waals surface area contributed by atoms with Crippen molar-refractivity contribution < 1.29 is 24.2 Å². The van der Waals surface area contributed by atoms with E-state index in [2.05, 4.69) is 4.90 Å². The molecule has 7 heteroatoms. The van der Waals surface area contributed by atoms with E-state index in [1.54, 1.807) is 17.0 Å². The number of amides is 1. The molecule has 1 heterocycles. The van der Waals surface area contributed by atoms with Gasteiger partial charge in [0.05, 0.1) is 19.3 Å². The average molecular weight is 380 g/mol. The summed E-state index contributed by atoms with van der Waals surface area (Å²) in [6.45, 7) is 11.7. The van der Waals surface area contributed by atoms with Crippen molar-refractivity contribution in [2.75, 3.05) is 38.2 Å². The second-order valence-corrected chi connectivity index (χ2v) is 6.95. The molecule has 1 saturated heterocycles. The topological polar surface area (TPSA) is 79.3 Å². The minimum absolute atomic E-state index is 0.240. The second kappa shape index (κ2) is 10.2. The van der Waals surface area contributed by atoms with Gasteiger partial charge in [0.15, 0.2) is 0 Å². The molecule has 0 aliphatic carbocycles. The first-order valence-electron chi connectivity index (χ1n) is 9.30. The van der Waals surface area contributed by atoms with Gasteiger partial charge in [0, 0.05) is 31.9 Å². The maximum Gasteiger partial charge on any atom is 0.410 e. The van der Waals surface area contributed by atoms with Crippen molar-refractivity contribution in [1.82, 2.24) is 4.90 Å². The van der Waals surface area contributed by atoms with Crippen molar-refractivity contribution in [2.45, 2.75) is 46.8 Å². The normalized spacial score (nSPS) is 14.2. The monoisotopic (exact) mass is 380 g/mol. The molecule has 0 unspecified atom stereocenters. The molecule has 1 amide bonds. The van der Waals surface area contributed by atoms with Gasteiger partial charge >= 0.3 is 12.1 Å². The van der Waals surface area contributed by atoms with E-state index in [0.29, 0.717) is 37.3 Å². The van der Waals surface area contributed by atoms with E-state index in [1.807, 2.05) is 40.7 Å². The fourth-order valence-corrected chi connectivity index (χ4v) is 2.69. The number of hydrogen-bond acceptors (Lipinski definition) is 6. The van der Waals surface area contributed by atoms with E-state index < -0.39 is 11.6 Å². The first-order chi connectivity index (χ1) is 12.7. The van der Waals surface area contributed by atoms with Gasteiger partial charge in [-0.3, -0.25) is 0 Å². The zero-order valence-corrected chi connectivity index (χ0v) is 17.2. The molecule has 0 aromatic heterocycles. The van der Waals surface area contributed by atoms with Crippen LogP contribution >= 0.6 is 0 Å². The third kappa shape index (κ3) is 6.43. The molecule has 27 heavy (non-hydrogen) atoms. The summed E-state index contributed by atoms with van der Waals surface area (Å²) in [5, 5.41) is 9.51. The number of rotatable bonds is 3. The number of carbonyl (C=O) groups excluding carboxylic acids is 2. The van der Waals surface area contributed by atoms with Crippen LogP contribution in [0.3, 0.4) is 0 Å². The minimum Gasteiger partial charge on any atom is -0.465 e. The lowest BCUT2D eigenvalue weighted by Crippen LogP contribution is -2.50. The van der Waals surface area contributed by atoms with E-state index in [1.165, 1.54) is 7.11 Å². The molecule has 0 saturated carbocycles. The highest BCUT2D eigenvalue weighted by atomic mass is 16.6. The summed E-state index contributed by atoms with van der Waals surface area (Å²) < 4.78 is 10.1. The van der Waals surface area contributed by atoms with Gasteiger partial charge in [-0.25, -0.2) is 9.59 Å². The first-order valence-corrected chi connectivity index (χ1v) is 9.30. The lowest BCUT2D eigenvalue weighted by molar-refractivity contribution is 0.0240. The van der Waals surface area contributed by atoms with Crippen LogP contribution < -0.4 is 4.90 Å². The van der Waals surface area contributed by atoms with Crippen LogP contribution in [0.1, 0.15) is 50.5 Å². The molecule has 1 aliphatic heterocycles. The highest BCUT2D eigenvalue weighted by Gasteiger charge is 2.26.